The molecule has 4 aromatic rings. The topological polar surface area (TPSA) is 58.2 Å². The maximum absolute atomic E-state index is 6.60. The lowest BCUT2D eigenvalue weighted by Gasteiger charge is -2.32. The van der Waals surface area contributed by atoms with Gasteiger partial charge in [0, 0.05) is 39.0 Å². The van der Waals surface area contributed by atoms with Crippen molar-refractivity contribution in [3.8, 4) is 11.5 Å². The van der Waals surface area contributed by atoms with E-state index in [9.17, 15) is 0 Å². The van der Waals surface area contributed by atoms with Crippen LogP contribution in [0, 0.1) is 0 Å². The molecule has 0 amide bonds. The first-order valence-corrected chi connectivity index (χ1v) is 20.0. The van der Waals surface area contributed by atoms with Gasteiger partial charge in [-0.1, -0.05) is 86.4 Å². The highest BCUT2D eigenvalue weighted by Crippen LogP contribution is 2.32. The van der Waals surface area contributed by atoms with Crippen molar-refractivity contribution in [3.05, 3.63) is 108 Å². The monoisotopic (exact) mass is 627 g/mol. The van der Waals surface area contributed by atoms with Crippen LogP contribution in [-0.4, -0.2) is 53.9 Å². The number of hydrogen-bond acceptors (Lipinski definition) is 6. The first kappa shape index (κ1) is 33.2. The molecule has 1 fully saturated rings. The van der Waals surface area contributed by atoms with Gasteiger partial charge in [-0.3, -0.25) is 0 Å². The molecule has 1 aliphatic heterocycles. The smallest absolute Gasteiger partial charge is 0.189 e. The molecule has 0 radical (unpaired) electrons. The van der Waals surface area contributed by atoms with Gasteiger partial charge in [-0.05, 0) is 65.4 Å². The Balaban J connectivity index is 1.12. The molecule has 240 valence electrons. The first-order chi connectivity index (χ1) is 21.9. The number of rotatable bonds is 17. The molecule has 1 heterocycles. The van der Waals surface area contributed by atoms with E-state index in [4.69, 9.17) is 23.7 Å². The van der Waals surface area contributed by atoms with Crippen molar-refractivity contribution >= 4 is 18.8 Å². The Bertz CT molecular complexity index is 1440. The molecule has 2 atom stereocenters. The van der Waals surface area contributed by atoms with Crippen LogP contribution in [0.3, 0.4) is 0 Å². The zero-order valence-corrected chi connectivity index (χ0v) is 28.1. The lowest BCUT2D eigenvalue weighted by Crippen LogP contribution is -2.40. The summed E-state index contributed by atoms with van der Waals surface area (Å²) in [6.45, 7) is 12.4. The summed E-state index contributed by atoms with van der Waals surface area (Å²) in [7, 11) is -1.13. The lowest BCUT2D eigenvalue weighted by molar-refractivity contribution is 0.00981. The minimum Gasteiger partial charge on any atom is -0.494 e. The van der Waals surface area contributed by atoms with E-state index in [0.29, 0.717) is 32.3 Å². The third-order valence-electron chi connectivity index (χ3n) is 8.19. The molecule has 6 nitrogen and oxygen atoms in total. The van der Waals surface area contributed by atoms with E-state index in [2.05, 4.69) is 91.7 Å². The zero-order valence-electron chi connectivity index (χ0n) is 27.1. The maximum Gasteiger partial charge on any atom is 0.189 e. The van der Waals surface area contributed by atoms with E-state index in [1.54, 1.807) is 0 Å². The predicted octanol–water partition coefficient (Wildman–Crippen LogP) is 8.18. The number of nitrogens with one attached hydrogen (secondary N) is 1. The molecule has 1 N–H and O–H groups in total. The van der Waals surface area contributed by atoms with E-state index in [-0.39, 0.29) is 12.9 Å². The molecule has 0 aromatic heterocycles. The molecular formula is C38H49NO5Si. The highest BCUT2D eigenvalue weighted by atomic mass is 28.3. The van der Waals surface area contributed by atoms with Crippen LogP contribution in [0.1, 0.15) is 35.4 Å². The molecule has 5 rings (SSSR count). The summed E-state index contributed by atoms with van der Waals surface area (Å²) in [6.07, 6.45) is 1.96. The molecule has 7 heteroatoms. The second kappa shape index (κ2) is 16.9. The Kier molecular flexibility index (Phi) is 12.5. The van der Waals surface area contributed by atoms with Crippen LogP contribution in [0.5, 0.6) is 11.5 Å². The van der Waals surface area contributed by atoms with Crippen LogP contribution in [-0.2, 0) is 27.4 Å². The predicted molar refractivity (Wildman–Crippen MR) is 185 cm³/mol. The third kappa shape index (κ3) is 10.7. The molecule has 4 aromatic carbocycles. The Morgan fingerprint density at radius 3 is 2.38 bits per heavy atom. The summed E-state index contributed by atoms with van der Waals surface area (Å²) in [6, 6.07) is 32.6. The van der Waals surface area contributed by atoms with Crippen LogP contribution in [0.15, 0.2) is 91.0 Å². The Morgan fingerprint density at radius 2 is 1.56 bits per heavy atom. The van der Waals surface area contributed by atoms with Crippen molar-refractivity contribution in [2.45, 2.75) is 63.8 Å². The molecule has 1 aliphatic rings. The highest BCUT2D eigenvalue weighted by Gasteiger charge is 2.27. The van der Waals surface area contributed by atoms with Crippen LogP contribution < -0.4 is 14.8 Å². The molecule has 0 aliphatic carbocycles. The quantitative estimate of drug-likeness (QED) is 0.0724. The molecule has 1 saturated heterocycles. The fourth-order valence-electron chi connectivity index (χ4n) is 5.60. The number of ether oxygens (including phenoxy) is 5. The molecule has 0 spiro atoms. The van der Waals surface area contributed by atoms with E-state index in [1.807, 2.05) is 24.3 Å². The Labute approximate surface area is 270 Å². The second-order valence-electron chi connectivity index (χ2n) is 13.1. The average molecular weight is 628 g/mol. The molecule has 2 unspecified atom stereocenters. The van der Waals surface area contributed by atoms with Gasteiger partial charge in [0.1, 0.15) is 11.5 Å². The normalized spacial score (nSPS) is 17.0. The van der Waals surface area contributed by atoms with Gasteiger partial charge in [0.15, 0.2) is 6.79 Å². The van der Waals surface area contributed by atoms with Gasteiger partial charge in [0.25, 0.3) is 0 Å². The van der Waals surface area contributed by atoms with Gasteiger partial charge in [-0.25, -0.2) is 0 Å². The summed E-state index contributed by atoms with van der Waals surface area (Å²) in [5.41, 5.74) is 3.59. The minimum atomic E-state index is -1.13. The van der Waals surface area contributed by atoms with Crippen LogP contribution in [0.4, 0.5) is 0 Å². The Hall–Kier alpha value is -3.20. The van der Waals surface area contributed by atoms with Crippen LogP contribution in [0.25, 0.3) is 10.8 Å². The lowest BCUT2D eigenvalue weighted by atomic mass is 9.87. The van der Waals surface area contributed by atoms with Crippen LogP contribution >= 0.6 is 0 Å². The van der Waals surface area contributed by atoms with Crippen molar-refractivity contribution in [1.82, 2.24) is 5.32 Å². The second-order valence-corrected chi connectivity index (χ2v) is 18.7. The fourth-order valence-corrected chi connectivity index (χ4v) is 6.35. The first-order valence-electron chi connectivity index (χ1n) is 16.3. The molecule has 0 saturated carbocycles. The van der Waals surface area contributed by atoms with E-state index < -0.39 is 8.07 Å². The van der Waals surface area contributed by atoms with Crippen molar-refractivity contribution in [1.29, 1.82) is 0 Å². The van der Waals surface area contributed by atoms with Crippen molar-refractivity contribution in [2.24, 2.45) is 0 Å². The van der Waals surface area contributed by atoms with Crippen LogP contribution in [0.2, 0.25) is 25.7 Å². The van der Waals surface area contributed by atoms with Gasteiger partial charge < -0.3 is 29.0 Å². The third-order valence-corrected chi connectivity index (χ3v) is 9.89. The number of benzene rings is 4. The molecule has 0 bridgehead atoms. The van der Waals surface area contributed by atoms with E-state index in [0.717, 1.165) is 66.4 Å². The highest BCUT2D eigenvalue weighted by molar-refractivity contribution is 6.76. The van der Waals surface area contributed by atoms with Crippen molar-refractivity contribution in [2.75, 3.05) is 39.7 Å². The summed E-state index contributed by atoms with van der Waals surface area (Å²) in [4.78, 5) is 0. The van der Waals surface area contributed by atoms with Gasteiger partial charge in [-0.2, -0.15) is 0 Å². The molecule has 45 heavy (non-hydrogen) atoms. The number of hydrogen-bond donors (Lipinski definition) is 1. The van der Waals surface area contributed by atoms with Crippen molar-refractivity contribution in [3.63, 3.8) is 0 Å². The molecular weight excluding hydrogens is 579 g/mol. The number of fused-ring (bicyclic) bond motifs is 1. The number of piperidine rings is 1. The maximum atomic E-state index is 6.60. The van der Waals surface area contributed by atoms with Gasteiger partial charge >= 0.3 is 0 Å². The van der Waals surface area contributed by atoms with Gasteiger partial charge in [-0.15, -0.1) is 0 Å². The van der Waals surface area contributed by atoms with E-state index >= 15 is 0 Å². The van der Waals surface area contributed by atoms with E-state index in [1.165, 1.54) is 11.1 Å². The standard InChI is InChI=1S/C38H49NO5Si/c1-45(2,3)23-22-41-29-44-37-25-31(24-33-12-7-8-13-35(33)37)28-43-38-26-39-19-18-36(38)32-14-16-34(17-15-32)42-21-9-20-40-27-30-10-5-4-6-11-30/h4-8,10-17,24-25,36,38-39H,9,18-23,26-29H2,1-3H3. The summed E-state index contributed by atoms with van der Waals surface area (Å²) >= 11 is 0. The zero-order chi connectivity index (χ0) is 31.3. The summed E-state index contributed by atoms with van der Waals surface area (Å²) in [5.74, 6) is 2.06. The van der Waals surface area contributed by atoms with Gasteiger partial charge in [0.05, 0.1) is 32.5 Å². The SMILES string of the molecule is C[Si](C)(C)CCOCOc1cc(COC2CNCCC2c2ccc(OCCCOCc3ccccc3)cc2)cc2ccccc12. The fraction of sp³-hybridized carbons (Fsp3) is 0.421. The summed E-state index contributed by atoms with van der Waals surface area (Å²) < 4.78 is 30.3. The summed E-state index contributed by atoms with van der Waals surface area (Å²) in [5, 5.41) is 5.77. The largest absolute Gasteiger partial charge is 0.494 e. The van der Waals surface area contributed by atoms with Crippen molar-refractivity contribution < 1.29 is 23.7 Å². The van der Waals surface area contributed by atoms with Gasteiger partial charge in [0.2, 0.25) is 0 Å². The Morgan fingerprint density at radius 1 is 0.756 bits per heavy atom. The minimum absolute atomic E-state index is 0.0769. The average Bonchev–Trinajstić information content (AvgIpc) is 3.05.